The number of hydrogen-bond donors (Lipinski definition) is 2. The van der Waals surface area contributed by atoms with Gasteiger partial charge in [-0.2, -0.15) is 0 Å². The Hall–Kier alpha value is -1.92. The van der Waals surface area contributed by atoms with Gasteiger partial charge in [0.05, 0.1) is 10.6 Å². The molecule has 0 spiro atoms. The van der Waals surface area contributed by atoms with Crippen LogP contribution in [0.3, 0.4) is 0 Å². The SMILES string of the molecule is Cc1cccc(F)c1NS(=O)(=O)c1ccc2c(c1)CNC2. The van der Waals surface area contributed by atoms with Crippen LogP contribution in [0.5, 0.6) is 0 Å². The number of fused-ring (bicyclic) bond motifs is 1. The number of benzene rings is 2. The molecule has 3 rings (SSSR count). The zero-order chi connectivity index (χ0) is 15.0. The van der Waals surface area contributed by atoms with Crippen LogP contribution in [0.4, 0.5) is 10.1 Å². The number of rotatable bonds is 3. The lowest BCUT2D eigenvalue weighted by molar-refractivity contribution is 0.598. The second kappa shape index (κ2) is 5.13. The molecular formula is C15H15FN2O2S. The van der Waals surface area contributed by atoms with E-state index in [9.17, 15) is 12.8 Å². The van der Waals surface area contributed by atoms with Crippen LogP contribution < -0.4 is 10.0 Å². The van der Waals surface area contributed by atoms with E-state index in [4.69, 9.17) is 0 Å². The molecule has 2 N–H and O–H groups in total. The monoisotopic (exact) mass is 306 g/mol. The zero-order valence-corrected chi connectivity index (χ0v) is 12.3. The van der Waals surface area contributed by atoms with E-state index in [0.29, 0.717) is 12.1 Å². The summed E-state index contributed by atoms with van der Waals surface area (Å²) in [4.78, 5) is 0.146. The second-order valence-electron chi connectivity index (χ2n) is 5.07. The fraction of sp³-hybridized carbons (Fsp3) is 0.200. The maximum atomic E-state index is 13.8. The van der Waals surface area contributed by atoms with Crippen molar-refractivity contribution in [2.45, 2.75) is 24.9 Å². The minimum absolute atomic E-state index is 0.00359. The largest absolute Gasteiger partial charge is 0.309 e. The van der Waals surface area contributed by atoms with Crippen molar-refractivity contribution in [2.75, 3.05) is 4.72 Å². The zero-order valence-electron chi connectivity index (χ0n) is 11.5. The van der Waals surface area contributed by atoms with Crippen LogP contribution >= 0.6 is 0 Å². The van der Waals surface area contributed by atoms with Crippen LogP contribution in [0, 0.1) is 12.7 Å². The van der Waals surface area contributed by atoms with Gasteiger partial charge in [0.25, 0.3) is 10.0 Å². The third-order valence-corrected chi connectivity index (χ3v) is 4.92. The molecule has 4 nitrogen and oxygen atoms in total. The number of aryl methyl sites for hydroxylation is 1. The second-order valence-corrected chi connectivity index (χ2v) is 6.75. The molecule has 1 aliphatic rings. The molecule has 6 heteroatoms. The van der Waals surface area contributed by atoms with Crippen LogP contribution in [0.15, 0.2) is 41.3 Å². The summed E-state index contributed by atoms with van der Waals surface area (Å²) >= 11 is 0. The van der Waals surface area contributed by atoms with E-state index in [2.05, 4.69) is 10.0 Å². The Labute approximate surface area is 123 Å². The van der Waals surface area contributed by atoms with E-state index in [-0.39, 0.29) is 10.6 Å². The van der Waals surface area contributed by atoms with E-state index in [1.54, 1.807) is 37.3 Å². The molecule has 0 fully saturated rings. The predicted octanol–water partition coefficient (Wildman–Crippen LogP) is 2.54. The van der Waals surface area contributed by atoms with Gasteiger partial charge in [0, 0.05) is 13.1 Å². The highest BCUT2D eigenvalue weighted by Gasteiger charge is 2.20. The topological polar surface area (TPSA) is 58.2 Å². The van der Waals surface area contributed by atoms with Crippen LogP contribution in [0.25, 0.3) is 0 Å². The normalized spacial score (nSPS) is 14.0. The molecule has 0 saturated carbocycles. The van der Waals surface area contributed by atoms with E-state index in [0.717, 1.165) is 17.7 Å². The van der Waals surface area contributed by atoms with Gasteiger partial charge in [0.2, 0.25) is 0 Å². The van der Waals surface area contributed by atoms with Crippen LogP contribution in [-0.4, -0.2) is 8.42 Å². The van der Waals surface area contributed by atoms with Crippen LogP contribution in [0.2, 0.25) is 0 Å². The molecule has 110 valence electrons. The third-order valence-electron chi connectivity index (χ3n) is 3.58. The summed E-state index contributed by atoms with van der Waals surface area (Å²) in [6, 6.07) is 9.41. The van der Waals surface area contributed by atoms with Crippen molar-refractivity contribution >= 4 is 15.7 Å². The first-order valence-corrected chi connectivity index (χ1v) is 8.06. The van der Waals surface area contributed by atoms with Gasteiger partial charge < -0.3 is 5.32 Å². The van der Waals surface area contributed by atoms with Crippen molar-refractivity contribution in [2.24, 2.45) is 0 Å². The fourth-order valence-corrected chi connectivity index (χ4v) is 3.58. The van der Waals surface area contributed by atoms with Crippen molar-refractivity contribution in [1.29, 1.82) is 0 Å². The molecule has 0 bridgehead atoms. The van der Waals surface area contributed by atoms with Crippen LogP contribution in [-0.2, 0) is 23.1 Å². The average molecular weight is 306 g/mol. The highest BCUT2D eigenvalue weighted by atomic mass is 32.2. The van der Waals surface area contributed by atoms with Crippen LogP contribution in [0.1, 0.15) is 16.7 Å². The number of sulfonamides is 1. The third kappa shape index (κ3) is 2.64. The Kier molecular flexibility index (Phi) is 3.43. The average Bonchev–Trinajstić information content (AvgIpc) is 2.90. The summed E-state index contributed by atoms with van der Waals surface area (Å²) in [5.74, 6) is -0.582. The van der Waals surface area contributed by atoms with E-state index >= 15 is 0 Å². The van der Waals surface area contributed by atoms with Gasteiger partial charge >= 0.3 is 0 Å². The Morgan fingerprint density at radius 2 is 1.90 bits per heavy atom. The molecular weight excluding hydrogens is 291 g/mol. The van der Waals surface area contributed by atoms with Crippen molar-refractivity contribution in [3.63, 3.8) is 0 Å². The van der Waals surface area contributed by atoms with Gasteiger partial charge in [-0.1, -0.05) is 18.2 Å². The van der Waals surface area contributed by atoms with Gasteiger partial charge in [-0.25, -0.2) is 12.8 Å². The molecule has 1 aliphatic heterocycles. The summed E-state index contributed by atoms with van der Waals surface area (Å²) in [5.41, 5.74) is 2.59. The summed E-state index contributed by atoms with van der Waals surface area (Å²) in [6.07, 6.45) is 0. The van der Waals surface area contributed by atoms with Gasteiger partial charge in [0.15, 0.2) is 0 Å². The molecule has 0 atom stereocenters. The van der Waals surface area contributed by atoms with Crippen molar-refractivity contribution in [3.8, 4) is 0 Å². The Bertz CT molecular complexity index is 783. The Morgan fingerprint density at radius 1 is 1.14 bits per heavy atom. The number of nitrogens with one attached hydrogen (secondary N) is 2. The predicted molar refractivity (Wildman–Crippen MR) is 78.9 cm³/mol. The molecule has 0 radical (unpaired) electrons. The maximum Gasteiger partial charge on any atom is 0.262 e. The minimum atomic E-state index is -3.80. The molecule has 0 unspecified atom stereocenters. The van der Waals surface area contributed by atoms with Crippen molar-refractivity contribution < 1.29 is 12.8 Å². The maximum absolute atomic E-state index is 13.8. The van der Waals surface area contributed by atoms with E-state index in [1.165, 1.54) is 6.07 Å². The summed E-state index contributed by atoms with van der Waals surface area (Å²) in [7, 11) is -3.80. The minimum Gasteiger partial charge on any atom is -0.309 e. The van der Waals surface area contributed by atoms with Gasteiger partial charge in [-0.15, -0.1) is 0 Å². The molecule has 0 aliphatic carbocycles. The van der Waals surface area contributed by atoms with Gasteiger partial charge in [0.1, 0.15) is 5.82 Å². The summed E-state index contributed by atoms with van der Waals surface area (Å²) in [6.45, 7) is 3.06. The standard InChI is InChI=1S/C15H15FN2O2S/c1-10-3-2-4-14(16)15(10)18-21(19,20)13-6-5-11-8-17-9-12(11)7-13/h2-7,17-18H,8-9H2,1H3. The smallest absolute Gasteiger partial charge is 0.262 e. The Balaban J connectivity index is 1.98. The quantitative estimate of drug-likeness (QED) is 0.916. The van der Waals surface area contributed by atoms with E-state index < -0.39 is 15.8 Å². The Morgan fingerprint density at radius 3 is 2.67 bits per heavy atom. The van der Waals surface area contributed by atoms with E-state index in [1.807, 2.05) is 0 Å². The molecule has 0 saturated heterocycles. The van der Waals surface area contributed by atoms with Crippen molar-refractivity contribution in [1.82, 2.24) is 5.32 Å². The highest BCUT2D eigenvalue weighted by molar-refractivity contribution is 7.92. The first-order valence-electron chi connectivity index (χ1n) is 6.58. The highest BCUT2D eigenvalue weighted by Crippen LogP contribution is 2.25. The molecule has 2 aromatic rings. The molecule has 0 amide bonds. The lowest BCUT2D eigenvalue weighted by atomic mass is 10.1. The number of para-hydroxylation sites is 1. The molecule has 1 heterocycles. The van der Waals surface area contributed by atoms with Crippen molar-refractivity contribution in [3.05, 3.63) is 58.9 Å². The fourth-order valence-electron chi connectivity index (χ4n) is 2.39. The lowest BCUT2D eigenvalue weighted by Gasteiger charge is -2.12. The lowest BCUT2D eigenvalue weighted by Crippen LogP contribution is -2.15. The summed E-state index contributed by atoms with van der Waals surface area (Å²) < 4.78 is 40.9. The molecule has 0 aromatic heterocycles. The molecule has 2 aromatic carbocycles. The first kappa shape index (κ1) is 14.0. The summed E-state index contributed by atoms with van der Waals surface area (Å²) in [5, 5.41) is 3.16. The number of anilines is 1. The molecule has 21 heavy (non-hydrogen) atoms. The van der Waals surface area contributed by atoms with Gasteiger partial charge in [-0.3, -0.25) is 4.72 Å². The number of halogens is 1. The number of hydrogen-bond acceptors (Lipinski definition) is 3. The first-order chi connectivity index (χ1) is 9.97. The van der Waals surface area contributed by atoms with Gasteiger partial charge in [-0.05, 0) is 41.8 Å².